The summed E-state index contributed by atoms with van der Waals surface area (Å²) in [5.41, 5.74) is 5.45. The van der Waals surface area contributed by atoms with E-state index in [4.69, 9.17) is 5.73 Å². The van der Waals surface area contributed by atoms with Gasteiger partial charge in [-0.2, -0.15) is 0 Å². The summed E-state index contributed by atoms with van der Waals surface area (Å²) in [7, 11) is 6.04. The summed E-state index contributed by atoms with van der Waals surface area (Å²) >= 11 is 0. The maximum absolute atomic E-state index is 11.9. The predicted octanol–water partition coefficient (Wildman–Crippen LogP) is 0.457. The van der Waals surface area contributed by atoms with Crippen molar-refractivity contribution in [1.82, 2.24) is 14.7 Å². The summed E-state index contributed by atoms with van der Waals surface area (Å²) < 4.78 is 0. The zero-order valence-electron chi connectivity index (χ0n) is 13.2. The molecule has 0 unspecified atom stereocenters. The molecular formula is C14H32N4O. The van der Waals surface area contributed by atoms with E-state index in [-0.39, 0.29) is 5.91 Å². The zero-order chi connectivity index (χ0) is 14.7. The quantitative estimate of drug-likeness (QED) is 0.594. The SMILES string of the molecule is CCN(CCCN(C)C)CCC(=O)N(C)CCCN. The van der Waals surface area contributed by atoms with Crippen molar-refractivity contribution in [1.29, 1.82) is 0 Å². The number of hydrogen-bond donors (Lipinski definition) is 1. The van der Waals surface area contributed by atoms with E-state index in [9.17, 15) is 4.79 Å². The molecule has 0 saturated carbocycles. The minimum absolute atomic E-state index is 0.222. The summed E-state index contributed by atoms with van der Waals surface area (Å²) in [6, 6.07) is 0. The van der Waals surface area contributed by atoms with E-state index in [1.54, 1.807) is 4.90 Å². The largest absolute Gasteiger partial charge is 0.346 e. The number of carbonyl (C=O) groups is 1. The van der Waals surface area contributed by atoms with E-state index in [2.05, 4.69) is 30.8 Å². The van der Waals surface area contributed by atoms with Gasteiger partial charge in [-0.05, 0) is 53.1 Å². The third kappa shape index (κ3) is 9.87. The van der Waals surface area contributed by atoms with Gasteiger partial charge in [-0.25, -0.2) is 0 Å². The fourth-order valence-corrected chi connectivity index (χ4v) is 1.94. The highest BCUT2D eigenvalue weighted by Crippen LogP contribution is 1.98. The molecule has 0 radical (unpaired) electrons. The molecule has 0 fully saturated rings. The standard InChI is InChI=1S/C14H32N4O/c1-5-18(12-7-10-16(2)3)13-8-14(19)17(4)11-6-9-15/h5-13,15H2,1-4H3. The van der Waals surface area contributed by atoms with Crippen LogP contribution in [0.3, 0.4) is 0 Å². The van der Waals surface area contributed by atoms with Gasteiger partial charge in [-0.3, -0.25) is 4.79 Å². The zero-order valence-corrected chi connectivity index (χ0v) is 13.2. The first-order chi connectivity index (χ1) is 9.01. The van der Waals surface area contributed by atoms with Gasteiger partial charge in [-0.15, -0.1) is 0 Å². The molecule has 2 N–H and O–H groups in total. The van der Waals surface area contributed by atoms with Crippen molar-refractivity contribution in [2.24, 2.45) is 5.73 Å². The van der Waals surface area contributed by atoms with E-state index in [1.807, 2.05) is 7.05 Å². The van der Waals surface area contributed by atoms with Crippen molar-refractivity contribution >= 4 is 5.91 Å². The number of carbonyl (C=O) groups excluding carboxylic acids is 1. The molecule has 0 aliphatic carbocycles. The summed E-state index contributed by atoms with van der Waals surface area (Å²) in [4.78, 5) is 18.2. The first kappa shape index (κ1) is 18.4. The Kier molecular flexibility index (Phi) is 10.8. The van der Waals surface area contributed by atoms with Crippen molar-refractivity contribution in [2.75, 3.05) is 60.4 Å². The molecule has 114 valence electrons. The molecular weight excluding hydrogens is 240 g/mol. The normalized spacial score (nSPS) is 11.3. The molecule has 19 heavy (non-hydrogen) atoms. The highest BCUT2D eigenvalue weighted by atomic mass is 16.2. The molecule has 5 nitrogen and oxygen atoms in total. The van der Waals surface area contributed by atoms with Gasteiger partial charge in [0.25, 0.3) is 0 Å². The summed E-state index contributed by atoms with van der Waals surface area (Å²) in [6.45, 7) is 7.59. The van der Waals surface area contributed by atoms with Gasteiger partial charge in [-0.1, -0.05) is 6.92 Å². The van der Waals surface area contributed by atoms with Gasteiger partial charge >= 0.3 is 0 Å². The van der Waals surface area contributed by atoms with Crippen LogP contribution in [0.25, 0.3) is 0 Å². The Hall–Kier alpha value is -0.650. The fourth-order valence-electron chi connectivity index (χ4n) is 1.94. The molecule has 5 heteroatoms. The van der Waals surface area contributed by atoms with Gasteiger partial charge in [0.2, 0.25) is 5.91 Å². The minimum atomic E-state index is 0.222. The Balaban J connectivity index is 3.82. The van der Waals surface area contributed by atoms with Crippen molar-refractivity contribution in [2.45, 2.75) is 26.2 Å². The molecule has 0 aliphatic rings. The lowest BCUT2D eigenvalue weighted by atomic mass is 10.3. The van der Waals surface area contributed by atoms with Crippen LogP contribution in [0.1, 0.15) is 26.2 Å². The molecule has 0 spiro atoms. The van der Waals surface area contributed by atoms with E-state index < -0.39 is 0 Å². The molecule has 0 aromatic rings. The average Bonchev–Trinajstić information content (AvgIpc) is 2.38. The fraction of sp³-hybridized carbons (Fsp3) is 0.929. The monoisotopic (exact) mass is 272 g/mol. The van der Waals surface area contributed by atoms with Crippen molar-refractivity contribution < 1.29 is 4.79 Å². The molecule has 0 aliphatic heterocycles. The molecule has 0 aromatic carbocycles. The number of nitrogens with zero attached hydrogens (tertiary/aromatic N) is 3. The molecule has 0 atom stereocenters. The molecule has 0 rings (SSSR count). The smallest absolute Gasteiger partial charge is 0.223 e. The lowest BCUT2D eigenvalue weighted by Crippen LogP contribution is -2.34. The third-order valence-corrected chi connectivity index (χ3v) is 3.29. The maximum atomic E-state index is 11.9. The van der Waals surface area contributed by atoms with Gasteiger partial charge < -0.3 is 20.4 Å². The number of rotatable bonds is 11. The Morgan fingerprint density at radius 1 is 1.00 bits per heavy atom. The second-order valence-electron chi connectivity index (χ2n) is 5.30. The van der Waals surface area contributed by atoms with E-state index in [1.165, 1.54) is 0 Å². The number of hydrogen-bond acceptors (Lipinski definition) is 4. The Morgan fingerprint density at radius 2 is 1.68 bits per heavy atom. The minimum Gasteiger partial charge on any atom is -0.346 e. The Bertz CT molecular complexity index is 233. The molecule has 0 bridgehead atoms. The highest BCUT2D eigenvalue weighted by molar-refractivity contribution is 5.76. The van der Waals surface area contributed by atoms with Crippen LogP contribution in [0.2, 0.25) is 0 Å². The maximum Gasteiger partial charge on any atom is 0.223 e. The second kappa shape index (κ2) is 11.2. The average molecular weight is 272 g/mol. The number of amides is 1. The second-order valence-corrected chi connectivity index (χ2v) is 5.30. The molecule has 0 saturated heterocycles. The Morgan fingerprint density at radius 3 is 2.21 bits per heavy atom. The third-order valence-electron chi connectivity index (χ3n) is 3.29. The van der Waals surface area contributed by atoms with Gasteiger partial charge in [0, 0.05) is 26.6 Å². The summed E-state index contributed by atoms with van der Waals surface area (Å²) in [5.74, 6) is 0.222. The van der Waals surface area contributed by atoms with E-state index in [0.717, 1.165) is 45.6 Å². The van der Waals surface area contributed by atoms with E-state index >= 15 is 0 Å². The van der Waals surface area contributed by atoms with Crippen molar-refractivity contribution in [3.05, 3.63) is 0 Å². The first-order valence-corrected chi connectivity index (χ1v) is 7.32. The lowest BCUT2D eigenvalue weighted by molar-refractivity contribution is -0.130. The van der Waals surface area contributed by atoms with Crippen LogP contribution in [0.5, 0.6) is 0 Å². The van der Waals surface area contributed by atoms with Crippen LogP contribution in [-0.4, -0.2) is 81.0 Å². The lowest BCUT2D eigenvalue weighted by Gasteiger charge is -2.23. The molecule has 0 aromatic heterocycles. The van der Waals surface area contributed by atoms with Gasteiger partial charge in [0.1, 0.15) is 0 Å². The van der Waals surface area contributed by atoms with Crippen LogP contribution in [0.15, 0.2) is 0 Å². The van der Waals surface area contributed by atoms with Crippen LogP contribution in [-0.2, 0) is 4.79 Å². The first-order valence-electron chi connectivity index (χ1n) is 7.32. The number of nitrogens with two attached hydrogens (primary N) is 1. The predicted molar refractivity (Wildman–Crippen MR) is 81.2 cm³/mol. The summed E-state index contributed by atoms with van der Waals surface area (Å²) in [5, 5.41) is 0. The van der Waals surface area contributed by atoms with Crippen LogP contribution in [0, 0.1) is 0 Å². The molecule has 0 heterocycles. The van der Waals surface area contributed by atoms with Crippen LogP contribution < -0.4 is 5.73 Å². The van der Waals surface area contributed by atoms with Crippen molar-refractivity contribution in [3.8, 4) is 0 Å². The van der Waals surface area contributed by atoms with Gasteiger partial charge in [0.05, 0.1) is 0 Å². The topological polar surface area (TPSA) is 52.8 Å². The summed E-state index contributed by atoms with van der Waals surface area (Å²) in [6.07, 6.45) is 2.64. The van der Waals surface area contributed by atoms with Gasteiger partial charge in [0.15, 0.2) is 0 Å². The van der Waals surface area contributed by atoms with Crippen LogP contribution in [0.4, 0.5) is 0 Å². The highest BCUT2D eigenvalue weighted by Gasteiger charge is 2.10. The van der Waals surface area contributed by atoms with Crippen LogP contribution >= 0.6 is 0 Å². The van der Waals surface area contributed by atoms with Crippen molar-refractivity contribution in [3.63, 3.8) is 0 Å². The Labute approximate surface area is 118 Å². The van der Waals surface area contributed by atoms with E-state index in [0.29, 0.717) is 13.0 Å². The molecule has 1 amide bonds.